The van der Waals surface area contributed by atoms with Crippen molar-refractivity contribution < 1.29 is 19.8 Å². The van der Waals surface area contributed by atoms with Crippen molar-refractivity contribution in [1.82, 2.24) is 5.32 Å². The predicted molar refractivity (Wildman–Crippen MR) is 44.9 cm³/mol. The van der Waals surface area contributed by atoms with Crippen LogP contribution in [-0.2, 0) is 9.59 Å². The molecule has 0 saturated heterocycles. The molecule has 0 fully saturated rings. The van der Waals surface area contributed by atoms with E-state index >= 15 is 0 Å². The van der Waals surface area contributed by atoms with Crippen LogP contribution in [0.2, 0.25) is 0 Å². The van der Waals surface area contributed by atoms with Crippen molar-refractivity contribution in [3.8, 4) is 0 Å². The molecular weight excluding hydrogens is 176 g/mol. The third-order valence-corrected chi connectivity index (χ3v) is 1.43. The maximum atomic E-state index is 10.5. The van der Waals surface area contributed by atoms with Crippen LogP contribution >= 0.6 is 0 Å². The van der Waals surface area contributed by atoms with Gasteiger partial charge in [-0.3, -0.25) is 9.59 Å². The Morgan fingerprint density at radius 3 is 2.46 bits per heavy atom. The molecule has 76 valence electrons. The van der Waals surface area contributed by atoms with Gasteiger partial charge in [-0.15, -0.1) is 0 Å². The van der Waals surface area contributed by atoms with Crippen LogP contribution in [-0.4, -0.2) is 41.3 Å². The quantitative estimate of drug-likeness (QED) is 0.357. The van der Waals surface area contributed by atoms with Gasteiger partial charge in [-0.1, -0.05) is 0 Å². The molecule has 0 aliphatic heterocycles. The molecule has 13 heavy (non-hydrogen) atoms. The highest BCUT2D eigenvalue weighted by Crippen LogP contribution is 1.91. The topological polar surface area (TPSA) is 113 Å². The summed E-state index contributed by atoms with van der Waals surface area (Å²) in [4.78, 5) is 20.9. The standard InChI is InChI=1S/C7H14N2O4/c8-6(11)4-5(7(12)13)9-2-1-3-10/h5,9-10H,1-4H2,(H2,8,11)(H,12,13)/t5-/m0/s1. The molecule has 1 amide bonds. The molecule has 0 radical (unpaired) electrons. The number of aliphatic hydroxyl groups excluding tert-OH is 1. The number of primary amides is 1. The zero-order valence-electron chi connectivity index (χ0n) is 7.19. The van der Waals surface area contributed by atoms with Crippen molar-refractivity contribution in [3.05, 3.63) is 0 Å². The summed E-state index contributed by atoms with van der Waals surface area (Å²) >= 11 is 0. The first-order valence-electron chi connectivity index (χ1n) is 3.93. The molecule has 0 heterocycles. The number of nitrogens with two attached hydrogens (primary N) is 1. The normalized spacial score (nSPS) is 12.4. The van der Waals surface area contributed by atoms with E-state index in [4.69, 9.17) is 15.9 Å². The summed E-state index contributed by atoms with van der Waals surface area (Å²) in [6.45, 7) is 0.330. The molecular formula is C7H14N2O4. The first-order valence-corrected chi connectivity index (χ1v) is 3.93. The Bertz CT molecular complexity index is 183. The summed E-state index contributed by atoms with van der Waals surface area (Å²) in [6.07, 6.45) is 0.212. The van der Waals surface area contributed by atoms with E-state index in [-0.39, 0.29) is 13.0 Å². The smallest absolute Gasteiger partial charge is 0.321 e. The number of carboxylic acids is 1. The number of hydrogen-bond acceptors (Lipinski definition) is 4. The first-order chi connectivity index (χ1) is 6.07. The first kappa shape index (κ1) is 11.9. The SMILES string of the molecule is NC(=O)C[C@H](NCCCO)C(=O)O. The van der Waals surface area contributed by atoms with Crippen LogP contribution in [0.15, 0.2) is 0 Å². The van der Waals surface area contributed by atoms with Gasteiger partial charge in [0.25, 0.3) is 0 Å². The van der Waals surface area contributed by atoms with Crippen LogP contribution in [0.5, 0.6) is 0 Å². The number of amides is 1. The van der Waals surface area contributed by atoms with Crippen LogP contribution in [0.4, 0.5) is 0 Å². The highest BCUT2D eigenvalue weighted by molar-refractivity contribution is 5.83. The maximum absolute atomic E-state index is 10.5. The highest BCUT2D eigenvalue weighted by Gasteiger charge is 2.18. The lowest BCUT2D eigenvalue weighted by Gasteiger charge is -2.11. The third kappa shape index (κ3) is 6.06. The molecule has 6 heteroatoms. The number of hydrogen-bond donors (Lipinski definition) is 4. The van der Waals surface area contributed by atoms with E-state index in [9.17, 15) is 9.59 Å². The Balaban J connectivity index is 3.81. The number of aliphatic carboxylic acids is 1. The molecule has 0 unspecified atom stereocenters. The minimum atomic E-state index is -1.11. The largest absolute Gasteiger partial charge is 0.480 e. The Labute approximate surface area is 75.7 Å². The van der Waals surface area contributed by atoms with Gasteiger partial charge >= 0.3 is 5.97 Å². The molecule has 5 N–H and O–H groups in total. The van der Waals surface area contributed by atoms with Crippen LogP contribution in [0.1, 0.15) is 12.8 Å². The van der Waals surface area contributed by atoms with E-state index in [0.29, 0.717) is 13.0 Å². The molecule has 0 aromatic heterocycles. The Morgan fingerprint density at radius 2 is 2.08 bits per heavy atom. The van der Waals surface area contributed by atoms with Crippen molar-refractivity contribution in [2.45, 2.75) is 18.9 Å². The number of carbonyl (C=O) groups excluding carboxylic acids is 1. The van der Waals surface area contributed by atoms with E-state index in [1.807, 2.05) is 0 Å². The average Bonchev–Trinajstić information content (AvgIpc) is 2.02. The summed E-state index contributed by atoms with van der Waals surface area (Å²) in [5.74, 6) is -1.78. The Hall–Kier alpha value is -1.14. The minimum absolute atomic E-state index is 0.0179. The van der Waals surface area contributed by atoms with Gasteiger partial charge in [0, 0.05) is 6.61 Å². The van der Waals surface area contributed by atoms with E-state index in [2.05, 4.69) is 5.32 Å². The van der Waals surface area contributed by atoms with E-state index in [1.54, 1.807) is 0 Å². The second-order valence-electron chi connectivity index (χ2n) is 2.59. The third-order valence-electron chi connectivity index (χ3n) is 1.43. The predicted octanol–water partition coefficient (Wildman–Crippen LogP) is -1.71. The monoisotopic (exact) mass is 190 g/mol. The fraction of sp³-hybridized carbons (Fsp3) is 0.714. The Morgan fingerprint density at radius 1 is 1.46 bits per heavy atom. The molecule has 0 bridgehead atoms. The highest BCUT2D eigenvalue weighted by atomic mass is 16.4. The van der Waals surface area contributed by atoms with E-state index in [0.717, 1.165) is 0 Å². The molecule has 0 aliphatic rings. The van der Waals surface area contributed by atoms with Crippen molar-refractivity contribution >= 4 is 11.9 Å². The van der Waals surface area contributed by atoms with Gasteiger partial charge in [0.1, 0.15) is 6.04 Å². The van der Waals surface area contributed by atoms with Gasteiger partial charge in [0.05, 0.1) is 6.42 Å². The fourth-order valence-corrected chi connectivity index (χ4v) is 0.803. The summed E-state index contributed by atoms with van der Waals surface area (Å²) < 4.78 is 0. The van der Waals surface area contributed by atoms with Crippen LogP contribution < -0.4 is 11.1 Å². The number of carbonyl (C=O) groups is 2. The number of rotatable bonds is 7. The summed E-state index contributed by atoms with van der Waals surface area (Å²) in [7, 11) is 0. The van der Waals surface area contributed by atoms with Crippen molar-refractivity contribution in [2.24, 2.45) is 5.73 Å². The van der Waals surface area contributed by atoms with Gasteiger partial charge in [-0.25, -0.2) is 0 Å². The van der Waals surface area contributed by atoms with Crippen molar-refractivity contribution in [3.63, 3.8) is 0 Å². The minimum Gasteiger partial charge on any atom is -0.480 e. The molecule has 0 spiro atoms. The van der Waals surface area contributed by atoms with Crippen molar-refractivity contribution in [1.29, 1.82) is 0 Å². The second kappa shape index (κ2) is 6.38. The molecule has 0 rings (SSSR count). The van der Waals surface area contributed by atoms with Crippen LogP contribution in [0.25, 0.3) is 0 Å². The van der Waals surface area contributed by atoms with Gasteiger partial charge < -0.3 is 21.3 Å². The lowest BCUT2D eigenvalue weighted by Crippen LogP contribution is -2.40. The lowest BCUT2D eigenvalue weighted by atomic mass is 10.2. The van der Waals surface area contributed by atoms with Gasteiger partial charge in [-0.05, 0) is 13.0 Å². The van der Waals surface area contributed by atoms with Crippen LogP contribution in [0, 0.1) is 0 Å². The number of carboxylic acid groups (broad SMARTS) is 1. The molecule has 0 aromatic rings. The molecule has 6 nitrogen and oxygen atoms in total. The summed E-state index contributed by atoms with van der Waals surface area (Å²) in [6, 6.07) is -0.955. The molecule has 0 aliphatic carbocycles. The number of aliphatic hydroxyl groups is 1. The van der Waals surface area contributed by atoms with E-state index < -0.39 is 17.9 Å². The average molecular weight is 190 g/mol. The number of nitrogens with one attached hydrogen (secondary N) is 1. The molecule has 0 saturated carbocycles. The maximum Gasteiger partial charge on any atom is 0.321 e. The lowest BCUT2D eigenvalue weighted by molar-refractivity contribution is -0.141. The second-order valence-corrected chi connectivity index (χ2v) is 2.59. The zero-order chi connectivity index (χ0) is 10.3. The van der Waals surface area contributed by atoms with Gasteiger partial charge in [0.2, 0.25) is 5.91 Å². The van der Waals surface area contributed by atoms with Gasteiger partial charge in [-0.2, -0.15) is 0 Å². The Kier molecular flexibility index (Phi) is 5.82. The summed E-state index contributed by atoms with van der Waals surface area (Å²) in [5.41, 5.74) is 4.84. The zero-order valence-corrected chi connectivity index (χ0v) is 7.19. The van der Waals surface area contributed by atoms with E-state index in [1.165, 1.54) is 0 Å². The summed E-state index contributed by atoms with van der Waals surface area (Å²) in [5, 5.41) is 19.6. The van der Waals surface area contributed by atoms with Gasteiger partial charge in [0.15, 0.2) is 0 Å². The van der Waals surface area contributed by atoms with Crippen LogP contribution in [0.3, 0.4) is 0 Å². The van der Waals surface area contributed by atoms with Crippen molar-refractivity contribution in [2.75, 3.05) is 13.2 Å². The molecule has 1 atom stereocenters. The molecule has 0 aromatic carbocycles. The fourth-order valence-electron chi connectivity index (χ4n) is 0.803.